The fourth-order valence-electron chi connectivity index (χ4n) is 3.26. The van der Waals surface area contributed by atoms with Crippen LogP contribution in [0.3, 0.4) is 0 Å². The Bertz CT molecular complexity index is 1130. The average molecular weight is 393 g/mol. The van der Waals surface area contributed by atoms with E-state index in [2.05, 4.69) is 20.4 Å². The quantitative estimate of drug-likeness (QED) is 0.518. The molecule has 4 aromatic rings. The molecule has 0 unspecified atom stereocenters. The highest BCUT2D eigenvalue weighted by Crippen LogP contribution is 2.34. The number of anilines is 2. The van der Waals surface area contributed by atoms with Crippen LogP contribution in [0.5, 0.6) is 5.88 Å². The number of methoxy groups -OCH3 is 1. The lowest BCUT2D eigenvalue weighted by atomic mass is 10.1. The fraction of sp³-hybridized carbons (Fsp3) is 0.286. The Balaban J connectivity index is 1.83. The van der Waals surface area contributed by atoms with Gasteiger partial charge < -0.3 is 23.9 Å². The highest BCUT2D eigenvalue weighted by atomic mass is 16.5. The SMILES string of the molecule is COc1ccc(Nc2nc(-c3c(C)noc3C)cc3cc(CN(C)C)oc23)cn1. The number of hydrogen-bond acceptors (Lipinski definition) is 8. The van der Waals surface area contributed by atoms with Crippen LogP contribution >= 0.6 is 0 Å². The van der Waals surface area contributed by atoms with E-state index >= 15 is 0 Å². The Morgan fingerprint density at radius 1 is 1.17 bits per heavy atom. The summed E-state index contributed by atoms with van der Waals surface area (Å²) in [6.07, 6.45) is 1.69. The molecule has 0 bridgehead atoms. The van der Waals surface area contributed by atoms with Gasteiger partial charge in [-0.25, -0.2) is 9.97 Å². The summed E-state index contributed by atoms with van der Waals surface area (Å²) in [5.41, 5.74) is 3.92. The van der Waals surface area contributed by atoms with Gasteiger partial charge in [0.15, 0.2) is 11.4 Å². The molecule has 8 heteroatoms. The molecule has 0 aliphatic carbocycles. The Hall–Kier alpha value is -3.39. The van der Waals surface area contributed by atoms with Gasteiger partial charge in [-0.05, 0) is 46.1 Å². The summed E-state index contributed by atoms with van der Waals surface area (Å²) < 4.78 is 16.6. The van der Waals surface area contributed by atoms with Crippen LogP contribution in [0, 0.1) is 13.8 Å². The van der Waals surface area contributed by atoms with Crippen molar-refractivity contribution in [3.8, 4) is 17.1 Å². The maximum atomic E-state index is 6.11. The molecule has 4 aromatic heterocycles. The minimum atomic E-state index is 0.546. The fourth-order valence-corrected chi connectivity index (χ4v) is 3.26. The monoisotopic (exact) mass is 393 g/mol. The van der Waals surface area contributed by atoms with Crippen LogP contribution in [0.2, 0.25) is 0 Å². The normalized spacial score (nSPS) is 11.4. The van der Waals surface area contributed by atoms with Crippen LogP contribution < -0.4 is 10.1 Å². The Morgan fingerprint density at radius 3 is 2.62 bits per heavy atom. The number of aryl methyl sites for hydroxylation is 2. The molecule has 4 heterocycles. The molecule has 1 N–H and O–H groups in total. The second-order valence-electron chi connectivity index (χ2n) is 7.14. The highest BCUT2D eigenvalue weighted by Gasteiger charge is 2.18. The molecule has 0 aliphatic rings. The van der Waals surface area contributed by atoms with E-state index in [1.54, 1.807) is 19.4 Å². The van der Waals surface area contributed by atoms with Gasteiger partial charge in [0.05, 0.1) is 42.5 Å². The van der Waals surface area contributed by atoms with Gasteiger partial charge in [0.1, 0.15) is 11.5 Å². The van der Waals surface area contributed by atoms with Crippen molar-refractivity contribution in [2.24, 2.45) is 0 Å². The lowest BCUT2D eigenvalue weighted by Crippen LogP contribution is -2.09. The van der Waals surface area contributed by atoms with Crippen LogP contribution in [-0.2, 0) is 6.54 Å². The average Bonchev–Trinajstić information content (AvgIpc) is 3.24. The number of fused-ring (bicyclic) bond motifs is 1. The smallest absolute Gasteiger partial charge is 0.213 e. The van der Waals surface area contributed by atoms with Crippen molar-refractivity contribution in [2.75, 3.05) is 26.5 Å². The zero-order chi connectivity index (χ0) is 20.5. The van der Waals surface area contributed by atoms with Crippen LogP contribution in [0.4, 0.5) is 11.5 Å². The first kappa shape index (κ1) is 18.9. The van der Waals surface area contributed by atoms with Gasteiger partial charge >= 0.3 is 0 Å². The lowest BCUT2D eigenvalue weighted by molar-refractivity contribution is 0.358. The number of furan rings is 1. The maximum Gasteiger partial charge on any atom is 0.213 e. The predicted octanol–water partition coefficient (Wildman–Crippen LogP) is 4.31. The molecule has 0 amide bonds. The van der Waals surface area contributed by atoms with Crippen molar-refractivity contribution in [3.05, 3.63) is 47.7 Å². The van der Waals surface area contributed by atoms with Crippen molar-refractivity contribution in [1.82, 2.24) is 20.0 Å². The molecule has 0 saturated carbocycles. The van der Waals surface area contributed by atoms with Gasteiger partial charge in [0.25, 0.3) is 0 Å². The number of aromatic nitrogens is 3. The largest absolute Gasteiger partial charge is 0.481 e. The van der Waals surface area contributed by atoms with E-state index in [4.69, 9.17) is 18.7 Å². The minimum Gasteiger partial charge on any atom is -0.481 e. The summed E-state index contributed by atoms with van der Waals surface area (Å²) in [5, 5.41) is 8.33. The summed E-state index contributed by atoms with van der Waals surface area (Å²) in [4.78, 5) is 11.1. The first-order chi connectivity index (χ1) is 13.9. The van der Waals surface area contributed by atoms with E-state index in [0.29, 0.717) is 23.8 Å². The Morgan fingerprint density at radius 2 is 2.00 bits per heavy atom. The first-order valence-corrected chi connectivity index (χ1v) is 9.23. The van der Waals surface area contributed by atoms with Gasteiger partial charge in [-0.3, -0.25) is 0 Å². The lowest BCUT2D eigenvalue weighted by Gasteiger charge is -2.09. The molecule has 29 heavy (non-hydrogen) atoms. The second kappa shape index (κ2) is 7.56. The summed E-state index contributed by atoms with van der Waals surface area (Å²) >= 11 is 0. The van der Waals surface area contributed by atoms with E-state index in [1.165, 1.54) is 0 Å². The molecule has 0 saturated heterocycles. The van der Waals surface area contributed by atoms with E-state index in [0.717, 1.165) is 39.5 Å². The molecule has 0 aliphatic heterocycles. The van der Waals surface area contributed by atoms with Crippen LogP contribution in [0.1, 0.15) is 17.2 Å². The third kappa shape index (κ3) is 3.79. The summed E-state index contributed by atoms with van der Waals surface area (Å²) in [7, 11) is 5.59. The van der Waals surface area contributed by atoms with Gasteiger partial charge in [0, 0.05) is 11.5 Å². The zero-order valence-corrected chi connectivity index (χ0v) is 17.1. The molecule has 8 nitrogen and oxygen atoms in total. The number of rotatable bonds is 6. The van der Waals surface area contributed by atoms with Crippen molar-refractivity contribution in [2.45, 2.75) is 20.4 Å². The molecule has 0 atom stereocenters. The molecule has 0 radical (unpaired) electrons. The molecular formula is C21H23N5O3. The number of hydrogen-bond donors (Lipinski definition) is 1. The van der Waals surface area contributed by atoms with Crippen molar-refractivity contribution < 1.29 is 13.7 Å². The maximum absolute atomic E-state index is 6.11. The third-order valence-electron chi connectivity index (χ3n) is 4.52. The summed E-state index contributed by atoms with van der Waals surface area (Å²) in [6, 6.07) is 7.71. The highest BCUT2D eigenvalue weighted by molar-refractivity contribution is 5.92. The number of nitrogens with one attached hydrogen (secondary N) is 1. The van der Waals surface area contributed by atoms with Crippen molar-refractivity contribution >= 4 is 22.5 Å². The van der Waals surface area contributed by atoms with Crippen LogP contribution in [-0.4, -0.2) is 41.2 Å². The van der Waals surface area contributed by atoms with Crippen LogP contribution in [0.25, 0.3) is 22.2 Å². The molecule has 0 aromatic carbocycles. The third-order valence-corrected chi connectivity index (χ3v) is 4.52. The second-order valence-corrected chi connectivity index (χ2v) is 7.14. The van der Waals surface area contributed by atoms with Crippen LogP contribution in [0.15, 0.2) is 39.4 Å². The van der Waals surface area contributed by atoms with Crippen molar-refractivity contribution in [1.29, 1.82) is 0 Å². The van der Waals surface area contributed by atoms with E-state index < -0.39 is 0 Å². The number of nitrogens with zero attached hydrogens (tertiary/aromatic N) is 4. The molecular weight excluding hydrogens is 370 g/mol. The summed E-state index contributed by atoms with van der Waals surface area (Å²) in [6.45, 7) is 4.48. The predicted molar refractivity (Wildman–Crippen MR) is 110 cm³/mol. The number of pyridine rings is 2. The molecule has 0 fully saturated rings. The van der Waals surface area contributed by atoms with Gasteiger partial charge in [-0.15, -0.1) is 0 Å². The molecule has 0 spiro atoms. The molecule has 150 valence electrons. The van der Waals surface area contributed by atoms with Gasteiger partial charge in [0.2, 0.25) is 5.88 Å². The molecule has 4 rings (SSSR count). The van der Waals surface area contributed by atoms with Crippen molar-refractivity contribution in [3.63, 3.8) is 0 Å². The Kier molecular flexibility index (Phi) is 4.94. The topological polar surface area (TPSA) is 89.5 Å². The zero-order valence-electron chi connectivity index (χ0n) is 17.1. The van der Waals surface area contributed by atoms with E-state index in [9.17, 15) is 0 Å². The Labute approximate surface area is 168 Å². The number of ether oxygens (including phenoxy) is 1. The van der Waals surface area contributed by atoms with Gasteiger partial charge in [-0.2, -0.15) is 0 Å². The standard InChI is InChI=1S/C21H23N5O3/c1-12-19(13(2)29-25-12)17-9-14-8-16(11-26(3)4)28-20(14)21(24-17)23-15-6-7-18(27-5)22-10-15/h6-10H,11H2,1-5H3,(H,23,24). The van der Waals surface area contributed by atoms with E-state index in [-0.39, 0.29) is 0 Å². The summed E-state index contributed by atoms with van der Waals surface area (Å²) in [5.74, 6) is 2.74. The minimum absolute atomic E-state index is 0.546. The van der Waals surface area contributed by atoms with E-state index in [1.807, 2.05) is 46.1 Å². The van der Waals surface area contributed by atoms with Gasteiger partial charge in [-0.1, -0.05) is 5.16 Å². The first-order valence-electron chi connectivity index (χ1n) is 9.23.